The Hall–Kier alpha value is -1.89. The number of ether oxygens (including phenoxy) is 3. The Labute approximate surface area is 127 Å². The van der Waals surface area contributed by atoms with E-state index < -0.39 is 12.5 Å². The number of methoxy groups -OCH3 is 2. The summed E-state index contributed by atoms with van der Waals surface area (Å²) in [6.45, 7) is 0.0777. The molecule has 0 radical (unpaired) electrons. The van der Waals surface area contributed by atoms with Gasteiger partial charge in [-0.3, -0.25) is 4.79 Å². The Kier molecular flexibility index (Phi) is 5.54. The van der Waals surface area contributed by atoms with E-state index >= 15 is 0 Å². The van der Waals surface area contributed by atoms with E-state index in [4.69, 9.17) is 14.2 Å². The van der Waals surface area contributed by atoms with Crippen LogP contribution >= 0.6 is 0 Å². The summed E-state index contributed by atoms with van der Waals surface area (Å²) in [4.78, 5) is 13.4. The average molecular weight is 315 g/mol. The number of hydrogen-bond donors (Lipinski definition) is 0. The predicted octanol–water partition coefficient (Wildman–Crippen LogP) is 2.09. The van der Waals surface area contributed by atoms with Gasteiger partial charge in [-0.2, -0.15) is 0 Å². The highest BCUT2D eigenvalue weighted by atomic mass is 19.3. The van der Waals surface area contributed by atoms with Gasteiger partial charge in [-0.05, 0) is 12.1 Å². The lowest BCUT2D eigenvalue weighted by Crippen LogP contribution is -2.38. The highest BCUT2D eigenvalue weighted by molar-refractivity contribution is 5.76. The van der Waals surface area contributed by atoms with Crippen molar-refractivity contribution in [2.24, 2.45) is 0 Å². The van der Waals surface area contributed by atoms with Crippen LogP contribution in [0.1, 0.15) is 12.0 Å². The molecule has 122 valence electrons. The van der Waals surface area contributed by atoms with Crippen LogP contribution in [0.5, 0.6) is 11.5 Å². The largest absolute Gasteiger partial charge is 0.497 e. The van der Waals surface area contributed by atoms with Gasteiger partial charge >= 0.3 is 0 Å². The second-order valence-electron chi connectivity index (χ2n) is 4.95. The number of halogens is 2. The van der Waals surface area contributed by atoms with Gasteiger partial charge in [-0.25, -0.2) is 8.78 Å². The number of carbonyl (C=O) groups is 1. The molecule has 0 saturated carbocycles. The van der Waals surface area contributed by atoms with Crippen molar-refractivity contribution >= 4 is 5.91 Å². The Morgan fingerprint density at radius 1 is 1.36 bits per heavy atom. The van der Waals surface area contributed by atoms with Crippen molar-refractivity contribution in [3.05, 3.63) is 23.8 Å². The van der Waals surface area contributed by atoms with Gasteiger partial charge in [-0.15, -0.1) is 0 Å². The fourth-order valence-corrected chi connectivity index (χ4v) is 2.32. The fourth-order valence-electron chi connectivity index (χ4n) is 2.32. The van der Waals surface area contributed by atoms with E-state index in [9.17, 15) is 13.6 Å². The Morgan fingerprint density at radius 2 is 2.14 bits per heavy atom. The van der Waals surface area contributed by atoms with Crippen LogP contribution in [0.25, 0.3) is 0 Å². The number of rotatable bonds is 5. The first-order valence-corrected chi connectivity index (χ1v) is 6.93. The van der Waals surface area contributed by atoms with Crippen LogP contribution in [0.2, 0.25) is 0 Å². The van der Waals surface area contributed by atoms with Gasteiger partial charge in [0.1, 0.15) is 17.6 Å². The summed E-state index contributed by atoms with van der Waals surface area (Å²) in [5.41, 5.74) is 0.728. The third kappa shape index (κ3) is 3.85. The maximum atomic E-state index is 12.9. The zero-order valence-corrected chi connectivity index (χ0v) is 12.6. The second kappa shape index (κ2) is 7.40. The Balaban J connectivity index is 2.18. The number of amides is 1. The number of benzene rings is 1. The minimum absolute atomic E-state index is 0.0179. The fraction of sp³-hybridized carbons (Fsp3) is 0.533. The van der Waals surface area contributed by atoms with Crippen LogP contribution in [-0.4, -0.2) is 50.7 Å². The third-order valence-corrected chi connectivity index (χ3v) is 3.54. The summed E-state index contributed by atoms with van der Waals surface area (Å²) in [6.07, 6.45) is -3.77. The van der Waals surface area contributed by atoms with Crippen molar-refractivity contribution in [2.75, 3.05) is 27.4 Å². The summed E-state index contributed by atoms with van der Waals surface area (Å²) in [5, 5.41) is 0. The molecular weight excluding hydrogens is 296 g/mol. The Bertz CT molecular complexity index is 524. The lowest BCUT2D eigenvalue weighted by molar-refractivity contribution is -0.131. The highest BCUT2D eigenvalue weighted by Gasteiger charge is 2.30. The summed E-state index contributed by atoms with van der Waals surface area (Å²) >= 11 is 0. The van der Waals surface area contributed by atoms with Gasteiger partial charge in [0.15, 0.2) is 0 Å². The van der Waals surface area contributed by atoms with E-state index in [-0.39, 0.29) is 32.0 Å². The van der Waals surface area contributed by atoms with Crippen molar-refractivity contribution in [3.8, 4) is 11.5 Å². The van der Waals surface area contributed by atoms with Gasteiger partial charge in [0, 0.05) is 18.2 Å². The van der Waals surface area contributed by atoms with Crippen molar-refractivity contribution in [3.63, 3.8) is 0 Å². The molecule has 1 aromatic rings. The van der Waals surface area contributed by atoms with E-state index in [1.54, 1.807) is 18.2 Å². The van der Waals surface area contributed by atoms with Gasteiger partial charge in [-0.1, -0.05) is 0 Å². The van der Waals surface area contributed by atoms with Crippen molar-refractivity contribution in [1.29, 1.82) is 0 Å². The molecular formula is C15H19F2NO4. The molecule has 0 spiro atoms. The highest BCUT2D eigenvalue weighted by Crippen LogP contribution is 2.26. The zero-order valence-electron chi connectivity index (χ0n) is 12.6. The first-order chi connectivity index (χ1) is 10.5. The minimum Gasteiger partial charge on any atom is -0.497 e. The van der Waals surface area contributed by atoms with Crippen LogP contribution in [0.4, 0.5) is 8.78 Å². The van der Waals surface area contributed by atoms with E-state index in [0.29, 0.717) is 11.5 Å². The van der Waals surface area contributed by atoms with Gasteiger partial charge in [0.2, 0.25) is 5.91 Å². The van der Waals surface area contributed by atoms with Crippen LogP contribution < -0.4 is 9.47 Å². The first kappa shape index (κ1) is 16.5. The maximum absolute atomic E-state index is 12.9. The lowest BCUT2D eigenvalue weighted by atomic mass is 10.1. The smallest absolute Gasteiger partial charge is 0.266 e. The second-order valence-corrected chi connectivity index (χ2v) is 4.95. The molecule has 0 bridgehead atoms. The minimum atomic E-state index is -2.62. The molecule has 1 saturated heterocycles. The summed E-state index contributed by atoms with van der Waals surface area (Å²) in [7, 11) is 3.05. The molecule has 2 rings (SSSR count). The Morgan fingerprint density at radius 3 is 2.77 bits per heavy atom. The molecule has 1 unspecified atom stereocenters. The van der Waals surface area contributed by atoms with Crippen LogP contribution in [0.15, 0.2) is 18.2 Å². The summed E-state index contributed by atoms with van der Waals surface area (Å²) < 4.78 is 41.2. The van der Waals surface area contributed by atoms with Crippen molar-refractivity contribution in [1.82, 2.24) is 4.90 Å². The zero-order chi connectivity index (χ0) is 16.1. The van der Waals surface area contributed by atoms with Crippen LogP contribution in [0.3, 0.4) is 0 Å². The number of nitrogens with zero attached hydrogens (tertiary/aromatic N) is 1. The molecule has 1 amide bonds. The van der Waals surface area contributed by atoms with Crippen LogP contribution in [-0.2, 0) is 16.1 Å². The van der Waals surface area contributed by atoms with E-state index in [1.807, 2.05) is 0 Å². The number of alkyl halides is 2. The molecule has 1 aromatic carbocycles. The lowest BCUT2D eigenvalue weighted by Gasteiger charge is -2.24. The van der Waals surface area contributed by atoms with E-state index in [2.05, 4.69) is 0 Å². The number of hydrogen-bond acceptors (Lipinski definition) is 4. The van der Waals surface area contributed by atoms with Gasteiger partial charge < -0.3 is 19.1 Å². The normalized spacial score (nSPS) is 19.2. The monoisotopic (exact) mass is 315 g/mol. The standard InChI is InChI=1S/C15H19F2NO4/c1-20-11-4-3-10(12(7-11)21-2)8-18-9-13(15(16)17)22-6-5-14(18)19/h3-4,7,13,15H,5-6,8-9H2,1-2H3. The van der Waals surface area contributed by atoms with E-state index in [0.717, 1.165) is 5.56 Å². The quantitative estimate of drug-likeness (QED) is 0.835. The molecule has 22 heavy (non-hydrogen) atoms. The van der Waals surface area contributed by atoms with Crippen molar-refractivity contribution in [2.45, 2.75) is 25.5 Å². The first-order valence-electron chi connectivity index (χ1n) is 6.93. The SMILES string of the molecule is COc1ccc(CN2CC(C(F)F)OCCC2=O)c(OC)c1. The summed E-state index contributed by atoms with van der Waals surface area (Å²) in [6, 6.07) is 5.19. The van der Waals surface area contributed by atoms with Gasteiger partial charge in [0.05, 0.1) is 33.8 Å². The molecule has 0 aliphatic carbocycles. The molecule has 1 heterocycles. The molecule has 1 aliphatic heterocycles. The van der Waals surface area contributed by atoms with Crippen LogP contribution in [0, 0.1) is 0 Å². The molecule has 0 N–H and O–H groups in total. The van der Waals surface area contributed by atoms with Gasteiger partial charge in [0.25, 0.3) is 6.43 Å². The molecule has 7 heteroatoms. The van der Waals surface area contributed by atoms with Crippen molar-refractivity contribution < 1.29 is 27.8 Å². The molecule has 1 atom stereocenters. The average Bonchev–Trinajstić information content (AvgIpc) is 2.70. The summed E-state index contributed by atoms with van der Waals surface area (Å²) in [5.74, 6) is 0.962. The molecule has 0 aromatic heterocycles. The molecule has 1 aliphatic rings. The molecule has 1 fully saturated rings. The van der Waals surface area contributed by atoms with E-state index in [1.165, 1.54) is 19.1 Å². The predicted molar refractivity (Wildman–Crippen MR) is 75.3 cm³/mol. The number of carbonyl (C=O) groups excluding carboxylic acids is 1. The maximum Gasteiger partial charge on any atom is 0.266 e. The third-order valence-electron chi connectivity index (χ3n) is 3.54. The molecule has 5 nitrogen and oxygen atoms in total. The topological polar surface area (TPSA) is 48.0 Å².